The normalized spacial score (nSPS) is 15.6. The molecule has 0 bridgehead atoms. The zero-order valence-corrected chi connectivity index (χ0v) is 19.5. The molecule has 1 heterocycles. The fraction of sp³-hybridized carbons (Fsp3) is 0.391. The standard InChI is InChI=1S/C23H30N3O6P/c1-16(2)11-19(14-33(31,32)22(25-15-27)18-9-6-10-24-13-18)21(28)26-20(23(29)30)12-17-7-4-3-5-8-17/h3-10,13,15-16,19-20,22H,11-12,14H2,1-2H3,(H,25,27)(H,26,28)(H,29,30)(H,31,32)/t19?,20-,22?/m0/s1. The second-order valence-corrected chi connectivity index (χ2v) is 10.7. The summed E-state index contributed by atoms with van der Waals surface area (Å²) in [6.45, 7) is 3.73. The average Bonchev–Trinajstić information content (AvgIpc) is 2.77. The Labute approximate surface area is 193 Å². The lowest BCUT2D eigenvalue weighted by Crippen LogP contribution is -2.46. The highest BCUT2D eigenvalue weighted by Crippen LogP contribution is 2.55. The number of carbonyl (C=O) groups excluding carboxylic acids is 2. The molecule has 0 saturated heterocycles. The summed E-state index contributed by atoms with van der Waals surface area (Å²) in [6.07, 6.45) is 3.14. The van der Waals surface area contributed by atoms with Gasteiger partial charge in [0, 0.05) is 36.5 Å². The van der Waals surface area contributed by atoms with Gasteiger partial charge in [-0.2, -0.15) is 0 Å². The lowest BCUT2D eigenvalue weighted by atomic mass is 9.97. The predicted molar refractivity (Wildman–Crippen MR) is 124 cm³/mol. The zero-order valence-electron chi connectivity index (χ0n) is 18.6. The van der Waals surface area contributed by atoms with Crippen LogP contribution in [0.15, 0.2) is 54.9 Å². The third-order valence-electron chi connectivity index (χ3n) is 5.14. The third-order valence-corrected chi connectivity index (χ3v) is 7.35. The van der Waals surface area contributed by atoms with Gasteiger partial charge in [0.2, 0.25) is 19.7 Å². The summed E-state index contributed by atoms with van der Waals surface area (Å²) in [4.78, 5) is 50.8. The first-order chi connectivity index (χ1) is 15.6. The van der Waals surface area contributed by atoms with Crippen LogP contribution in [0.4, 0.5) is 0 Å². The number of rotatable bonds is 13. The summed E-state index contributed by atoms with van der Waals surface area (Å²) in [5.41, 5.74) is 1.08. The number of carboxylic acids is 1. The van der Waals surface area contributed by atoms with Crippen molar-refractivity contribution in [2.75, 3.05) is 6.16 Å². The Balaban J connectivity index is 2.24. The Bertz CT molecular complexity index is 971. The largest absolute Gasteiger partial charge is 0.480 e. The number of aliphatic carboxylic acids is 1. The molecule has 0 spiro atoms. The molecule has 9 nitrogen and oxygen atoms in total. The topological polar surface area (TPSA) is 146 Å². The Morgan fingerprint density at radius 3 is 2.39 bits per heavy atom. The van der Waals surface area contributed by atoms with E-state index in [1.165, 1.54) is 12.4 Å². The van der Waals surface area contributed by atoms with Crippen molar-refractivity contribution >= 4 is 25.7 Å². The summed E-state index contributed by atoms with van der Waals surface area (Å²) in [5.74, 6) is -3.96. The maximum Gasteiger partial charge on any atom is 0.326 e. The van der Waals surface area contributed by atoms with Crippen LogP contribution in [-0.4, -0.2) is 45.5 Å². The number of nitrogens with zero attached hydrogens (tertiary/aromatic N) is 1. The highest BCUT2D eigenvalue weighted by atomic mass is 31.2. The van der Waals surface area contributed by atoms with E-state index in [4.69, 9.17) is 0 Å². The lowest BCUT2D eigenvalue weighted by Gasteiger charge is -2.28. The maximum atomic E-state index is 13.3. The Kier molecular flexibility index (Phi) is 9.75. The van der Waals surface area contributed by atoms with E-state index in [2.05, 4.69) is 15.6 Å². The summed E-state index contributed by atoms with van der Waals surface area (Å²) < 4.78 is 13.3. The van der Waals surface area contributed by atoms with Crippen molar-refractivity contribution in [2.24, 2.45) is 11.8 Å². The smallest absolute Gasteiger partial charge is 0.326 e. The Hall–Kier alpha value is -3.03. The Morgan fingerprint density at radius 1 is 1.15 bits per heavy atom. The van der Waals surface area contributed by atoms with Gasteiger partial charge in [-0.1, -0.05) is 50.2 Å². The van der Waals surface area contributed by atoms with Crippen LogP contribution >= 0.6 is 7.37 Å². The van der Waals surface area contributed by atoms with Crippen molar-refractivity contribution in [1.29, 1.82) is 0 Å². The van der Waals surface area contributed by atoms with Gasteiger partial charge < -0.3 is 20.6 Å². The molecular weight excluding hydrogens is 445 g/mol. The van der Waals surface area contributed by atoms with E-state index in [0.29, 0.717) is 12.0 Å². The quantitative estimate of drug-likeness (QED) is 0.257. The fourth-order valence-electron chi connectivity index (χ4n) is 3.64. The Morgan fingerprint density at radius 2 is 1.85 bits per heavy atom. The van der Waals surface area contributed by atoms with Crippen molar-refractivity contribution in [3.8, 4) is 0 Å². The minimum absolute atomic E-state index is 0.00836. The maximum absolute atomic E-state index is 13.3. The number of hydrogen-bond donors (Lipinski definition) is 4. The molecule has 2 rings (SSSR count). The van der Waals surface area contributed by atoms with E-state index in [9.17, 15) is 28.9 Å². The number of benzene rings is 1. The van der Waals surface area contributed by atoms with E-state index >= 15 is 0 Å². The molecule has 0 aliphatic rings. The lowest BCUT2D eigenvalue weighted by molar-refractivity contribution is -0.142. The zero-order chi connectivity index (χ0) is 24.4. The number of amides is 2. The highest BCUT2D eigenvalue weighted by Gasteiger charge is 2.38. The van der Waals surface area contributed by atoms with E-state index in [1.54, 1.807) is 42.5 Å². The molecule has 0 aliphatic carbocycles. The second-order valence-electron chi connectivity index (χ2n) is 8.33. The van der Waals surface area contributed by atoms with Crippen molar-refractivity contribution in [3.63, 3.8) is 0 Å². The van der Waals surface area contributed by atoms with Gasteiger partial charge >= 0.3 is 5.97 Å². The summed E-state index contributed by atoms with van der Waals surface area (Å²) in [6, 6.07) is 10.8. The van der Waals surface area contributed by atoms with E-state index in [-0.39, 0.29) is 18.8 Å². The minimum atomic E-state index is -4.13. The molecule has 4 N–H and O–H groups in total. The molecule has 2 amide bonds. The second kappa shape index (κ2) is 12.3. The van der Waals surface area contributed by atoms with Crippen LogP contribution in [0.5, 0.6) is 0 Å². The molecule has 0 aliphatic heterocycles. The van der Waals surface area contributed by atoms with Gasteiger partial charge in [-0.05, 0) is 24.0 Å². The predicted octanol–water partition coefficient (Wildman–Crippen LogP) is 2.57. The molecule has 1 aromatic heterocycles. The number of carbonyl (C=O) groups is 3. The van der Waals surface area contributed by atoms with Gasteiger partial charge in [0.05, 0.1) is 0 Å². The molecule has 1 aromatic carbocycles. The molecule has 33 heavy (non-hydrogen) atoms. The highest BCUT2D eigenvalue weighted by molar-refractivity contribution is 7.58. The van der Waals surface area contributed by atoms with E-state index < -0.39 is 43.1 Å². The molecular formula is C23H30N3O6P. The van der Waals surface area contributed by atoms with Crippen molar-refractivity contribution in [2.45, 2.75) is 38.5 Å². The van der Waals surface area contributed by atoms with Crippen LogP contribution in [0.3, 0.4) is 0 Å². The van der Waals surface area contributed by atoms with Crippen LogP contribution in [-0.2, 0) is 25.4 Å². The van der Waals surface area contributed by atoms with E-state index in [1.807, 2.05) is 13.8 Å². The monoisotopic (exact) mass is 475 g/mol. The van der Waals surface area contributed by atoms with Crippen LogP contribution in [0.25, 0.3) is 0 Å². The molecule has 0 radical (unpaired) electrons. The molecule has 10 heteroatoms. The summed E-state index contributed by atoms with van der Waals surface area (Å²) >= 11 is 0. The molecule has 4 atom stereocenters. The van der Waals surface area contributed by atoms with Crippen molar-refractivity contribution < 1.29 is 28.9 Å². The summed E-state index contributed by atoms with van der Waals surface area (Å²) in [5, 5.41) is 14.5. The number of carboxylic acid groups (broad SMARTS) is 1. The first-order valence-electron chi connectivity index (χ1n) is 10.6. The van der Waals surface area contributed by atoms with E-state index in [0.717, 1.165) is 5.56 Å². The minimum Gasteiger partial charge on any atom is -0.480 e. The van der Waals surface area contributed by atoms with Gasteiger partial charge in [0.25, 0.3) is 0 Å². The molecule has 178 valence electrons. The van der Waals surface area contributed by atoms with Crippen LogP contribution in [0, 0.1) is 11.8 Å². The van der Waals surface area contributed by atoms with Crippen LogP contribution in [0.2, 0.25) is 0 Å². The first-order valence-corrected chi connectivity index (χ1v) is 12.5. The van der Waals surface area contributed by atoms with Gasteiger partial charge in [0.1, 0.15) is 11.8 Å². The van der Waals surface area contributed by atoms with Gasteiger partial charge in [0.15, 0.2) is 0 Å². The average molecular weight is 475 g/mol. The van der Waals surface area contributed by atoms with Gasteiger partial charge in [-0.25, -0.2) is 4.79 Å². The van der Waals surface area contributed by atoms with Crippen LogP contribution < -0.4 is 10.6 Å². The first kappa shape index (κ1) is 26.2. The number of pyridine rings is 1. The number of hydrogen-bond acceptors (Lipinski definition) is 5. The molecule has 2 aromatic rings. The van der Waals surface area contributed by atoms with Gasteiger partial charge in [-0.3, -0.25) is 19.1 Å². The molecule has 0 saturated carbocycles. The third kappa shape index (κ3) is 8.11. The summed E-state index contributed by atoms with van der Waals surface area (Å²) in [7, 11) is -4.13. The van der Waals surface area contributed by atoms with Crippen molar-refractivity contribution in [1.82, 2.24) is 15.6 Å². The van der Waals surface area contributed by atoms with Crippen LogP contribution in [0.1, 0.15) is 37.2 Å². The van der Waals surface area contributed by atoms with Gasteiger partial charge in [-0.15, -0.1) is 0 Å². The number of aromatic nitrogens is 1. The molecule has 3 unspecified atom stereocenters. The van der Waals surface area contributed by atoms with Crippen molar-refractivity contribution in [3.05, 3.63) is 66.0 Å². The SMILES string of the molecule is CC(C)CC(CP(=O)(O)C(NC=O)c1cccnc1)C(=O)N[C@@H](Cc1ccccc1)C(=O)O. The number of nitrogens with one attached hydrogen (secondary N) is 2. The molecule has 0 fully saturated rings. The fourth-order valence-corrected chi connectivity index (χ4v) is 5.71.